The number of aldehydes is 1. The van der Waals surface area contributed by atoms with Gasteiger partial charge in [0.2, 0.25) is 0 Å². The number of rotatable bonds is 3. The van der Waals surface area contributed by atoms with Crippen molar-refractivity contribution < 1.29 is 4.79 Å². The van der Waals surface area contributed by atoms with Crippen LogP contribution in [0.15, 0.2) is 11.6 Å². The molecule has 0 aliphatic heterocycles. The molecule has 1 rings (SSSR count). The summed E-state index contributed by atoms with van der Waals surface area (Å²) in [6, 6.07) is 0. The molecule has 0 amide bonds. The van der Waals surface area contributed by atoms with Gasteiger partial charge in [0.1, 0.15) is 6.29 Å². The predicted molar refractivity (Wildman–Crippen MR) is 51.0 cm³/mol. The second kappa shape index (κ2) is 3.88. The second-order valence-electron chi connectivity index (χ2n) is 4.45. The zero-order valence-electron chi connectivity index (χ0n) is 8.10. The molecule has 0 saturated carbocycles. The average Bonchev–Trinajstić information content (AvgIpc) is 1.99. The summed E-state index contributed by atoms with van der Waals surface area (Å²) in [6.45, 7) is 4.61. The first-order valence-corrected chi connectivity index (χ1v) is 4.76. The fraction of sp³-hybridized carbons (Fsp3) is 0.727. The molecule has 68 valence electrons. The van der Waals surface area contributed by atoms with E-state index in [0.29, 0.717) is 11.8 Å². The van der Waals surface area contributed by atoms with Crippen LogP contribution in [0.2, 0.25) is 0 Å². The summed E-state index contributed by atoms with van der Waals surface area (Å²) >= 11 is 0. The molecule has 0 atom stereocenters. The molecule has 1 aliphatic rings. The molecule has 1 nitrogen and oxygen atoms in total. The molecule has 0 bridgehead atoms. The van der Waals surface area contributed by atoms with Crippen LogP contribution in [0.4, 0.5) is 0 Å². The van der Waals surface area contributed by atoms with Crippen molar-refractivity contribution in [3.63, 3.8) is 0 Å². The normalized spacial score (nSPS) is 21.7. The van der Waals surface area contributed by atoms with Crippen molar-refractivity contribution >= 4 is 6.29 Å². The maximum absolute atomic E-state index is 10.2. The molecule has 0 heterocycles. The van der Waals surface area contributed by atoms with Crippen LogP contribution in [0.25, 0.3) is 0 Å². The average molecular weight is 166 g/mol. The van der Waals surface area contributed by atoms with Gasteiger partial charge in [0.15, 0.2) is 0 Å². The lowest BCUT2D eigenvalue weighted by Gasteiger charge is -2.29. The van der Waals surface area contributed by atoms with E-state index in [-0.39, 0.29) is 0 Å². The first-order chi connectivity index (χ1) is 5.64. The van der Waals surface area contributed by atoms with Crippen molar-refractivity contribution in [3.05, 3.63) is 11.6 Å². The molecule has 0 aromatic heterocycles. The van der Waals surface area contributed by atoms with E-state index in [1.54, 1.807) is 0 Å². The van der Waals surface area contributed by atoms with Gasteiger partial charge >= 0.3 is 0 Å². The molecule has 0 radical (unpaired) electrons. The highest BCUT2D eigenvalue weighted by Gasteiger charge is 2.21. The minimum Gasteiger partial charge on any atom is -0.303 e. The Labute approximate surface area is 74.9 Å². The maximum Gasteiger partial charge on any atom is 0.120 e. The molecule has 0 N–H and O–H groups in total. The Morgan fingerprint density at radius 3 is 2.92 bits per heavy atom. The Morgan fingerprint density at radius 2 is 2.33 bits per heavy atom. The van der Waals surface area contributed by atoms with Crippen LogP contribution in [0.3, 0.4) is 0 Å². The lowest BCUT2D eigenvalue weighted by molar-refractivity contribution is -0.107. The van der Waals surface area contributed by atoms with Gasteiger partial charge in [0.25, 0.3) is 0 Å². The predicted octanol–water partition coefficient (Wildman–Crippen LogP) is 3.10. The highest BCUT2D eigenvalue weighted by molar-refractivity contribution is 5.49. The van der Waals surface area contributed by atoms with Gasteiger partial charge in [-0.1, -0.05) is 25.5 Å². The van der Waals surface area contributed by atoms with Crippen molar-refractivity contribution in [1.82, 2.24) is 0 Å². The first kappa shape index (κ1) is 9.50. The van der Waals surface area contributed by atoms with Gasteiger partial charge in [0, 0.05) is 6.42 Å². The molecule has 0 aromatic carbocycles. The van der Waals surface area contributed by atoms with Gasteiger partial charge in [-0.15, -0.1) is 0 Å². The largest absolute Gasteiger partial charge is 0.303 e. The van der Waals surface area contributed by atoms with E-state index >= 15 is 0 Å². The van der Waals surface area contributed by atoms with Gasteiger partial charge < -0.3 is 4.79 Å². The summed E-state index contributed by atoms with van der Waals surface area (Å²) in [5.41, 5.74) is 1.95. The molecule has 1 aliphatic carbocycles. The SMILES string of the molecule is CC1(C)CCC=C(CCC=O)C1. The molecule has 12 heavy (non-hydrogen) atoms. The Bertz CT molecular complexity index is 189. The van der Waals surface area contributed by atoms with Gasteiger partial charge in [-0.3, -0.25) is 0 Å². The summed E-state index contributed by atoms with van der Waals surface area (Å²) in [5.74, 6) is 0. The Hall–Kier alpha value is -0.590. The molecule has 0 spiro atoms. The molecule has 0 fully saturated rings. The molecule has 1 heteroatoms. The van der Waals surface area contributed by atoms with Crippen molar-refractivity contribution in [1.29, 1.82) is 0 Å². The topological polar surface area (TPSA) is 17.1 Å². The lowest BCUT2D eigenvalue weighted by atomic mass is 9.76. The van der Waals surface area contributed by atoms with Crippen molar-refractivity contribution in [2.45, 2.75) is 46.0 Å². The van der Waals surface area contributed by atoms with Gasteiger partial charge in [0.05, 0.1) is 0 Å². The highest BCUT2D eigenvalue weighted by Crippen LogP contribution is 2.36. The molecule has 0 aromatic rings. The van der Waals surface area contributed by atoms with E-state index in [1.807, 2.05) is 0 Å². The number of carbonyl (C=O) groups is 1. The zero-order chi connectivity index (χ0) is 9.03. The van der Waals surface area contributed by atoms with Crippen LogP contribution in [0.5, 0.6) is 0 Å². The van der Waals surface area contributed by atoms with Crippen molar-refractivity contribution in [3.8, 4) is 0 Å². The number of carbonyl (C=O) groups excluding carboxylic acids is 1. The summed E-state index contributed by atoms with van der Waals surface area (Å²) in [6.07, 6.45) is 8.67. The third kappa shape index (κ3) is 2.80. The third-order valence-corrected chi connectivity index (χ3v) is 2.54. The van der Waals surface area contributed by atoms with Gasteiger partial charge in [-0.2, -0.15) is 0 Å². The summed E-state index contributed by atoms with van der Waals surface area (Å²) < 4.78 is 0. The number of hydrogen-bond acceptors (Lipinski definition) is 1. The quantitative estimate of drug-likeness (QED) is 0.465. The fourth-order valence-corrected chi connectivity index (χ4v) is 1.88. The summed E-state index contributed by atoms with van der Waals surface area (Å²) in [4.78, 5) is 10.2. The van der Waals surface area contributed by atoms with E-state index in [4.69, 9.17) is 0 Å². The summed E-state index contributed by atoms with van der Waals surface area (Å²) in [7, 11) is 0. The van der Waals surface area contributed by atoms with Crippen molar-refractivity contribution in [2.75, 3.05) is 0 Å². The molecular weight excluding hydrogens is 148 g/mol. The van der Waals surface area contributed by atoms with Gasteiger partial charge in [-0.25, -0.2) is 0 Å². The lowest BCUT2D eigenvalue weighted by Crippen LogP contribution is -2.15. The Morgan fingerprint density at radius 1 is 1.58 bits per heavy atom. The van der Waals surface area contributed by atoms with Crippen LogP contribution in [-0.2, 0) is 4.79 Å². The maximum atomic E-state index is 10.2. The first-order valence-electron chi connectivity index (χ1n) is 4.76. The minimum absolute atomic E-state index is 0.465. The van der Waals surface area contributed by atoms with Crippen LogP contribution in [-0.4, -0.2) is 6.29 Å². The number of hydrogen-bond donors (Lipinski definition) is 0. The standard InChI is InChI=1S/C11H18O/c1-11(2)7-3-5-10(9-11)6-4-8-12/h5,8H,3-4,6-7,9H2,1-2H3. The van der Waals surface area contributed by atoms with Crippen LogP contribution < -0.4 is 0 Å². The van der Waals surface area contributed by atoms with E-state index in [2.05, 4.69) is 19.9 Å². The van der Waals surface area contributed by atoms with E-state index in [9.17, 15) is 4.79 Å². The van der Waals surface area contributed by atoms with Crippen molar-refractivity contribution in [2.24, 2.45) is 5.41 Å². The van der Waals surface area contributed by atoms with E-state index in [0.717, 1.165) is 12.7 Å². The third-order valence-electron chi connectivity index (χ3n) is 2.54. The fourth-order valence-electron chi connectivity index (χ4n) is 1.88. The Kier molecular flexibility index (Phi) is 3.07. The van der Waals surface area contributed by atoms with Crippen LogP contribution in [0.1, 0.15) is 46.0 Å². The van der Waals surface area contributed by atoms with E-state index in [1.165, 1.54) is 24.8 Å². The smallest absolute Gasteiger partial charge is 0.120 e. The van der Waals surface area contributed by atoms with Crippen LogP contribution in [0, 0.1) is 5.41 Å². The minimum atomic E-state index is 0.465. The molecular formula is C11H18O. The molecule has 0 unspecified atom stereocenters. The molecule has 0 saturated heterocycles. The van der Waals surface area contributed by atoms with Crippen LogP contribution >= 0.6 is 0 Å². The highest BCUT2D eigenvalue weighted by atomic mass is 16.1. The zero-order valence-corrected chi connectivity index (χ0v) is 8.10. The second-order valence-corrected chi connectivity index (χ2v) is 4.45. The number of allylic oxidation sites excluding steroid dienone is 2. The van der Waals surface area contributed by atoms with Gasteiger partial charge in [-0.05, 0) is 31.1 Å². The van der Waals surface area contributed by atoms with E-state index < -0.39 is 0 Å². The monoisotopic (exact) mass is 166 g/mol. The summed E-state index contributed by atoms with van der Waals surface area (Å²) in [5, 5.41) is 0. The Balaban J connectivity index is 2.44.